The van der Waals surface area contributed by atoms with E-state index in [0.29, 0.717) is 12.4 Å². The number of rotatable bonds is 3. The summed E-state index contributed by atoms with van der Waals surface area (Å²) in [5.41, 5.74) is 3.34. The van der Waals surface area contributed by atoms with Crippen molar-refractivity contribution in [3.63, 3.8) is 0 Å². The molecule has 0 unspecified atom stereocenters. The van der Waals surface area contributed by atoms with Crippen LogP contribution in [0.15, 0.2) is 34.9 Å². The highest BCUT2D eigenvalue weighted by Crippen LogP contribution is 2.20. The minimum atomic E-state index is 0.575. The normalized spacial score (nSPS) is 15.0. The Morgan fingerprint density at radius 3 is 2.95 bits per heavy atom. The van der Waals surface area contributed by atoms with Gasteiger partial charge in [0.05, 0.1) is 17.9 Å². The molecule has 1 aliphatic rings. The molecule has 3 heterocycles. The van der Waals surface area contributed by atoms with Gasteiger partial charge in [-0.15, -0.1) is 0 Å². The molecule has 1 aliphatic heterocycles. The fourth-order valence-corrected chi connectivity index (χ4v) is 2.84. The lowest BCUT2D eigenvalue weighted by Crippen LogP contribution is -2.30. The molecular formula is C16H17N5O. The number of fused-ring (bicyclic) bond motifs is 1. The molecule has 0 bridgehead atoms. The molecule has 22 heavy (non-hydrogen) atoms. The van der Waals surface area contributed by atoms with Crippen molar-refractivity contribution in [2.75, 3.05) is 6.54 Å². The highest BCUT2D eigenvalue weighted by Gasteiger charge is 2.21. The maximum atomic E-state index is 5.36. The van der Waals surface area contributed by atoms with Crippen LogP contribution in [0.2, 0.25) is 0 Å². The second-order valence-electron chi connectivity index (χ2n) is 5.59. The molecule has 0 amide bonds. The molecule has 0 fully saturated rings. The number of aromatic amines is 1. The van der Waals surface area contributed by atoms with Gasteiger partial charge in [0.25, 0.3) is 5.89 Å². The summed E-state index contributed by atoms with van der Waals surface area (Å²) in [5, 5.41) is 4.09. The van der Waals surface area contributed by atoms with E-state index in [0.717, 1.165) is 36.7 Å². The van der Waals surface area contributed by atoms with Gasteiger partial charge in [-0.2, -0.15) is 4.98 Å². The fourth-order valence-electron chi connectivity index (χ4n) is 2.84. The molecule has 6 heteroatoms. The SMILES string of the molecule is Cc1nc2c([nH]1)CN(Cc1noc(-c3ccccc3)n1)CC2. The number of nitrogens with one attached hydrogen (secondary N) is 1. The lowest BCUT2D eigenvalue weighted by atomic mass is 10.1. The zero-order valence-electron chi connectivity index (χ0n) is 12.4. The average molecular weight is 295 g/mol. The monoisotopic (exact) mass is 295 g/mol. The minimum absolute atomic E-state index is 0.575. The molecule has 4 rings (SSSR count). The first-order valence-electron chi connectivity index (χ1n) is 7.42. The van der Waals surface area contributed by atoms with Crippen molar-refractivity contribution in [2.45, 2.75) is 26.4 Å². The number of hydrogen-bond donors (Lipinski definition) is 1. The van der Waals surface area contributed by atoms with Gasteiger partial charge in [-0.3, -0.25) is 4.90 Å². The molecule has 0 aliphatic carbocycles. The number of benzene rings is 1. The molecule has 112 valence electrons. The summed E-state index contributed by atoms with van der Waals surface area (Å²) >= 11 is 0. The van der Waals surface area contributed by atoms with E-state index in [-0.39, 0.29) is 0 Å². The Morgan fingerprint density at radius 2 is 2.09 bits per heavy atom. The average Bonchev–Trinajstić information content (AvgIpc) is 3.13. The summed E-state index contributed by atoms with van der Waals surface area (Å²) < 4.78 is 5.36. The van der Waals surface area contributed by atoms with Crippen LogP contribution in [-0.2, 0) is 19.5 Å². The number of imidazole rings is 1. The van der Waals surface area contributed by atoms with Crippen LogP contribution in [0.1, 0.15) is 23.0 Å². The summed E-state index contributed by atoms with van der Waals surface area (Å²) in [6.07, 6.45) is 0.961. The highest BCUT2D eigenvalue weighted by molar-refractivity contribution is 5.51. The van der Waals surface area contributed by atoms with Crippen LogP contribution in [0.4, 0.5) is 0 Å². The van der Waals surface area contributed by atoms with Gasteiger partial charge in [0.1, 0.15) is 5.82 Å². The molecule has 0 saturated heterocycles. The molecule has 0 radical (unpaired) electrons. The summed E-state index contributed by atoms with van der Waals surface area (Å²) in [5.74, 6) is 2.28. The first-order valence-corrected chi connectivity index (χ1v) is 7.42. The molecule has 3 aromatic rings. The zero-order valence-corrected chi connectivity index (χ0v) is 12.4. The Hall–Kier alpha value is -2.47. The van der Waals surface area contributed by atoms with Gasteiger partial charge in [0.15, 0.2) is 5.82 Å². The number of nitrogens with zero attached hydrogens (tertiary/aromatic N) is 4. The van der Waals surface area contributed by atoms with Crippen LogP contribution in [0.3, 0.4) is 0 Å². The Bertz CT molecular complexity index is 777. The van der Waals surface area contributed by atoms with Gasteiger partial charge in [-0.1, -0.05) is 23.4 Å². The Balaban J connectivity index is 1.47. The molecule has 1 aromatic carbocycles. The molecule has 2 aromatic heterocycles. The third kappa shape index (κ3) is 2.53. The van der Waals surface area contributed by atoms with Gasteiger partial charge < -0.3 is 9.51 Å². The van der Waals surface area contributed by atoms with Gasteiger partial charge in [0.2, 0.25) is 0 Å². The molecular weight excluding hydrogens is 278 g/mol. The van der Waals surface area contributed by atoms with E-state index in [4.69, 9.17) is 4.52 Å². The second-order valence-corrected chi connectivity index (χ2v) is 5.59. The Morgan fingerprint density at radius 1 is 1.23 bits per heavy atom. The van der Waals surface area contributed by atoms with E-state index < -0.39 is 0 Å². The maximum Gasteiger partial charge on any atom is 0.257 e. The minimum Gasteiger partial charge on any atom is -0.345 e. The summed E-state index contributed by atoms with van der Waals surface area (Å²) in [4.78, 5) is 14.6. The van der Waals surface area contributed by atoms with Crippen LogP contribution in [0.5, 0.6) is 0 Å². The molecule has 1 N–H and O–H groups in total. The smallest absolute Gasteiger partial charge is 0.257 e. The van der Waals surface area contributed by atoms with Crippen molar-refractivity contribution in [2.24, 2.45) is 0 Å². The van der Waals surface area contributed by atoms with Crippen molar-refractivity contribution < 1.29 is 4.52 Å². The number of hydrogen-bond acceptors (Lipinski definition) is 5. The van der Waals surface area contributed by atoms with Crippen molar-refractivity contribution in [3.05, 3.63) is 53.4 Å². The van der Waals surface area contributed by atoms with Crippen LogP contribution < -0.4 is 0 Å². The first kappa shape index (κ1) is 13.2. The number of aromatic nitrogens is 4. The molecule has 0 saturated carbocycles. The molecule has 6 nitrogen and oxygen atoms in total. The van der Waals surface area contributed by atoms with Crippen LogP contribution in [0.25, 0.3) is 11.5 Å². The largest absolute Gasteiger partial charge is 0.345 e. The first-order chi connectivity index (χ1) is 10.8. The van der Waals surface area contributed by atoms with Crippen molar-refractivity contribution >= 4 is 0 Å². The van der Waals surface area contributed by atoms with Gasteiger partial charge >= 0.3 is 0 Å². The molecule has 0 atom stereocenters. The van der Waals surface area contributed by atoms with Gasteiger partial charge in [-0.25, -0.2) is 4.98 Å². The van der Waals surface area contributed by atoms with Crippen LogP contribution >= 0.6 is 0 Å². The summed E-state index contributed by atoms with van der Waals surface area (Å²) in [7, 11) is 0. The van der Waals surface area contributed by atoms with Crippen LogP contribution in [0, 0.1) is 6.92 Å². The zero-order chi connectivity index (χ0) is 14.9. The lowest BCUT2D eigenvalue weighted by molar-refractivity contribution is 0.232. The third-order valence-electron chi connectivity index (χ3n) is 3.88. The Kier molecular flexibility index (Phi) is 3.23. The van der Waals surface area contributed by atoms with E-state index in [1.165, 1.54) is 11.4 Å². The highest BCUT2D eigenvalue weighted by atomic mass is 16.5. The van der Waals surface area contributed by atoms with Crippen LogP contribution in [-0.4, -0.2) is 31.6 Å². The van der Waals surface area contributed by atoms with E-state index in [9.17, 15) is 0 Å². The molecule has 0 spiro atoms. The number of H-pyrrole nitrogens is 1. The second kappa shape index (κ2) is 5.38. The lowest BCUT2D eigenvalue weighted by Gasteiger charge is -2.24. The van der Waals surface area contributed by atoms with Crippen molar-refractivity contribution in [1.82, 2.24) is 25.0 Å². The van der Waals surface area contributed by atoms with E-state index in [2.05, 4.69) is 25.0 Å². The van der Waals surface area contributed by atoms with Crippen molar-refractivity contribution in [1.29, 1.82) is 0 Å². The van der Waals surface area contributed by atoms with Gasteiger partial charge in [0, 0.05) is 25.1 Å². The summed E-state index contributed by atoms with van der Waals surface area (Å²) in [6.45, 7) is 4.50. The van der Waals surface area contributed by atoms with E-state index in [1.807, 2.05) is 37.3 Å². The standard InChI is InChI=1S/C16H17N5O/c1-11-17-13-7-8-21(9-14(13)18-11)10-15-19-16(22-20-15)12-5-3-2-4-6-12/h2-6H,7-10H2,1H3,(H,17,18). The maximum absolute atomic E-state index is 5.36. The topological polar surface area (TPSA) is 70.8 Å². The van der Waals surface area contributed by atoms with Crippen molar-refractivity contribution in [3.8, 4) is 11.5 Å². The quantitative estimate of drug-likeness (QED) is 0.803. The van der Waals surface area contributed by atoms with E-state index in [1.54, 1.807) is 0 Å². The predicted molar refractivity (Wildman–Crippen MR) is 80.9 cm³/mol. The number of aryl methyl sites for hydroxylation is 1. The third-order valence-corrected chi connectivity index (χ3v) is 3.88. The fraction of sp³-hybridized carbons (Fsp3) is 0.312. The summed E-state index contributed by atoms with van der Waals surface area (Å²) in [6, 6.07) is 9.84. The van der Waals surface area contributed by atoms with E-state index >= 15 is 0 Å². The van der Waals surface area contributed by atoms with Gasteiger partial charge in [-0.05, 0) is 19.1 Å². The Labute approximate surface area is 128 Å². The predicted octanol–water partition coefficient (Wildman–Crippen LogP) is 2.33.